The van der Waals surface area contributed by atoms with Gasteiger partial charge in [-0.15, -0.1) is 0 Å². The largest absolute Gasteiger partial charge is 0.481 e. The summed E-state index contributed by atoms with van der Waals surface area (Å²) < 4.78 is 29.1. The third-order valence-electron chi connectivity index (χ3n) is 5.94. The number of aliphatic carboxylic acids is 1. The van der Waals surface area contributed by atoms with E-state index >= 15 is 0 Å². The lowest BCUT2D eigenvalue weighted by molar-refractivity contribution is -0.137. The van der Waals surface area contributed by atoms with Gasteiger partial charge >= 0.3 is 5.97 Å². The molecule has 5 nitrogen and oxygen atoms in total. The topological polar surface area (TPSA) is 83.5 Å². The van der Waals surface area contributed by atoms with E-state index in [-0.39, 0.29) is 12.5 Å². The summed E-state index contributed by atoms with van der Waals surface area (Å²) in [6.07, 6.45) is 11.7. The van der Waals surface area contributed by atoms with E-state index in [2.05, 4.69) is 32.8 Å². The van der Waals surface area contributed by atoms with Gasteiger partial charge in [-0.1, -0.05) is 46.6 Å². The standard InChI is InChI=1S/C22H28BrNO4S/c23-19-9-6-16(7-10-19)12-13-29(27,28)24-21-15-17-8-11-20(21)18(14-17)4-2-1-3-5-22(25)26/h2,4,6-7,9-10,12-13,17-18,20-21,24H,1,3,5,8,11,14-15H2,(H,25,26). The van der Waals surface area contributed by atoms with Crippen molar-refractivity contribution in [3.8, 4) is 0 Å². The molecule has 0 heterocycles. The van der Waals surface area contributed by atoms with Gasteiger partial charge in [0.05, 0.1) is 0 Å². The fourth-order valence-corrected chi connectivity index (χ4v) is 5.93. The van der Waals surface area contributed by atoms with Crippen LogP contribution in [0.1, 0.15) is 50.5 Å². The monoisotopic (exact) mass is 481 g/mol. The van der Waals surface area contributed by atoms with E-state index in [0.717, 1.165) is 35.7 Å². The van der Waals surface area contributed by atoms with Crippen LogP contribution in [0.15, 0.2) is 46.3 Å². The van der Waals surface area contributed by atoms with Crippen molar-refractivity contribution in [1.29, 1.82) is 0 Å². The zero-order valence-corrected chi connectivity index (χ0v) is 18.7. The maximum absolute atomic E-state index is 12.6. The number of benzene rings is 1. The first-order chi connectivity index (χ1) is 13.8. The molecule has 4 rings (SSSR count). The molecule has 3 aliphatic carbocycles. The van der Waals surface area contributed by atoms with Crippen LogP contribution in [-0.2, 0) is 14.8 Å². The minimum Gasteiger partial charge on any atom is -0.481 e. The predicted molar refractivity (Wildman–Crippen MR) is 119 cm³/mol. The van der Waals surface area contributed by atoms with Gasteiger partial charge in [-0.3, -0.25) is 4.79 Å². The molecular weight excluding hydrogens is 454 g/mol. The van der Waals surface area contributed by atoms with Crippen molar-refractivity contribution < 1.29 is 18.3 Å². The Morgan fingerprint density at radius 1 is 1.21 bits per heavy atom. The fraction of sp³-hybridized carbons (Fsp3) is 0.500. The summed E-state index contributed by atoms with van der Waals surface area (Å²) >= 11 is 3.37. The summed E-state index contributed by atoms with van der Waals surface area (Å²) in [5.41, 5.74) is 0.839. The SMILES string of the molecule is O=C(O)CCCC=CC1CC2CCC1C(NS(=O)(=O)C=Cc1ccc(Br)cc1)C2. The van der Waals surface area contributed by atoms with E-state index in [1.165, 1.54) is 11.8 Å². The highest BCUT2D eigenvalue weighted by molar-refractivity contribution is 9.10. The number of hydrogen-bond donors (Lipinski definition) is 2. The Hall–Kier alpha value is -1.44. The van der Waals surface area contributed by atoms with Crippen LogP contribution in [0.2, 0.25) is 0 Å². The molecule has 0 spiro atoms. The van der Waals surface area contributed by atoms with Crippen LogP contribution >= 0.6 is 15.9 Å². The molecule has 29 heavy (non-hydrogen) atoms. The number of fused-ring (bicyclic) bond motifs is 3. The summed E-state index contributed by atoms with van der Waals surface area (Å²) in [6, 6.07) is 7.46. The number of allylic oxidation sites excluding steroid dienone is 2. The van der Waals surface area contributed by atoms with E-state index in [1.807, 2.05) is 24.3 Å². The van der Waals surface area contributed by atoms with E-state index in [9.17, 15) is 13.2 Å². The molecule has 1 aromatic carbocycles. The second-order valence-electron chi connectivity index (χ2n) is 8.08. The van der Waals surface area contributed by atoms with Crippen LogP contribution < -0.4 is 4.72 Å². The van der Waals surface area contributed by atoms with Crippen molar-refractivity contribution in [1.82, 2.24) is 4.72 Å². The summed E-state index contributed by atoms with van der Waals surface area (Å²) in [7, 11) is -3.51. The fourth-order valence-electron chi connectivity index (χ4n) is 4.56. The first-order valence-electron chi connectivity index (χ1n) is 10.2. The molecule has 3 fully saturated rings. The van der Waals surface area contributed by atoms with Crippen molar-refractivity contribution >= 4 is 38.0 Å². The van der Waals surface area contributed by atoms with E-state index in [1.54, 1.807) is 6.08 Å². The van der Waals surface area contributed by atoms with Crippen LogP contribution in [0, 0.1) is 17.8 Å². The number of halogens is 1. The molecule has 158 valence electrons. The smallest absolute Gasteiger partial charge is 0.303 e. The van der Waals surface area contributed by atoms with Crippen LogP contribution in [-0.4, -0.2) is 25.5 Å². The highest BCUT2D eigenvalue weighted by atomic mass is 79.9. The first-order valence-corrected chi connectivity index (χ1v) is 12.5. The molecule has 0 aliphatic heterocycles. The number of nitrogens with one attached hydrogen (secondary N) is 1. The highest BCUT2D eigenvalue weighted by Gasteiger charge is 2.42. The minimum atomic E-state index is -3.51. The Labute approximate surface area is 181 Å². The molecule has 4 atom stereocenters. The van der Waals surface area contributed by atoms with Crippen molar-refractivity contribution in [3.05, 3.63) is 51.9 Å². The molecule has 2 N–H and O–H groups in total. The van der Waals surface area contributed by atoms with Gasteiger partial charge in [0.15, 0.2) is 0 Å². The second kappa shape index (κ2) is 10.0. The van der Waals surface area contributed by atoms with Gasteiger partial charge in [-0.05, 0) is 73.6 Å². The molecule has 7 heteroatoms. The lowest BCUT2D eigenvalue weighted by Crippen LogP contribution is -2.49. The Balaban J connectivity index is 1.59. The number of carbonyl (C=O) groups is 1. The second-order valence-corrected chi connectivity index (χ2v) is 10.6. The van der Waals surface area contributed by atoms with Gasteiger partial charge in [0.2, 0.25) is 10.0 Å². The average Bonchev–Trinajstić information content (AvgIpc) is 2.67. The third-order valence-corrected chi connectivity index (χ3v) is 7.59. The Kier molecular flexibility index (Phi) is 7.71. The van der Waals surface area contributed by atoms with E-state index in [4.69, 9.17) is 5.11 Å². The molecule has 4 unspecified atom stereocenters. The van der Waals surface area contributed by atoms with Crippen LogP contribution in [0.4, 0.5) is 0 Å². The zero-order valence-electron chi connectivity index (χ0n) is 16.3. The molecular formula is C22H28BrNO4S. The quantitative estimate of drug-likeness (QED) is 0.385. The van der Waals surface area contributed by atoms with Gasteiger partial charge in [0.25, 0.3) is 0 Å². The molecule has 0 radical (unpaired) electrons. The van der Waals surface area contributed by atoms with Crippen LogP contribution in [0.3, 0.4) is 0 Å². The lowest BCUT2D eigenvalue weighted by Gasteiger charge is -2.46. The van der Waals surface area contributed by atoms with Crippen molar-refractivity contribution in [3.63, 3.8) is 0 Å². The van der Waals surface area contributed by atoms with Crippen LogP contribution in [0.25, 0.3) is 6.08 Å². The average molecular weight is 482 g/mol. The van der Waals surface area contributed by atoms with Crippen molar-refractivity contribution in [2.45, 2.75) is 51.0 Å². The van der Waals surface area contributed by atoms with Gasteiger partial charge in [-0.25, -0.2) is 13.1 Å². The number of hydrogen-bond acceptors (Lipinski definition) is 3. The normalized spacial score (nSPS) is 27.1. The molecule has 0 aromatic heterocycles. The van der Waals surface area contributed by atoms with Crippen molar-refractivity contribution in [2.75, 3.05) is 0 Å². The molecule has 0 amide bonds. The number of rotatable bonds is 9. The zero-order chi connectivity index (χ0) is 20.9. The summed E-state index contributed by atoms with van der Waals surface area (Å²) in [5, 5.41) is 9.98. The van der Waals surface area contributed by atoms with E-state index < -0.39 is 16.0 Å². The Morgan fingerprint density at radius 2 is 1.97 bits per heavy atom. The highest BCUT2D eigenvalue weighted by Crippen LogP contribution is 2.46. The van der Waals surface area contributed by atoms with Gasteiger partial charge < -0.3 is 5.11 Å². The molecule has 0 saturated heterocycles. The number of carboxylic acids is 1. The molecule has 3 saturated carbocycles. The van der Waals surface area contributed by atoms with Gasteiger partial charge in [0, 0.05) is 22.3 Å². The Bertz CT molecular complexity index is 863. The van der Waals surface area contributed by atoms with Crippen molar-refractivity contribution in [2.24, 2.45) is 17.8 Å². The molecule has 1 aromatic rings. The summed E-state index contributed by atoms with van der Waals surface area (Å²) in [4.78, 5) is 10.6. The molecule has 3 aliphatic rings. The van der Waals surface area contributed by atoms with Gasteiger partial charge in [0.1, 0.15) is 0 Å². The number of carboxylic acid groups (broad SMARTS) is 1. The maximum Gasteiger partial charge on any atom is 0.303 e. The first kappa shape index (κ1) is 22.2. The Morgan fingerprint density at radius 3 is 2.66 bits per heavy atom. The van der Waals surface area contributed by atoms with Crippen LogP contribution in [0.5, 0.6) is 0 Å². The third kappa shape index (κ3) is 6.79. The minimum absolute atomic E-state index is 0.0317. The lowest BCUT2D eigenvalue weighted by atomic mass is 9.62. The van der Waals surface area contributed by atoms with E-state index in [0.29, 0.717) is 24.2 Å². The van der Waals surface area contributed by atoms with Gasteiger partial charge in [-0.2, -0.15) is 0 Å². The summed E-state index contributed by atoms with van der Waals surface area (Å²) in [5.74, 6) is 0.472. The maximum atomic E-state index is 12.6. The predicted octanol–water partition coefficient (Wildman–Crippen LogP) is 4.96. The summed E-state index contributed by atoms with van der Waals surface area (Å²) in [6.45, 7) is 0. The molecule has 2 bridgehead atoms. The number of unbranched alkanes of at least 4 members (excludes halogenated alkanes) is 1. The number of sulfonamides is 1.